The van der Waals surface area contributed by atoms with Gasteiger partial charge in [-0.1, -0.05) is 34.5 Å². The van der Waals surface area contributed by atoms with Gasteiger partial charge in [-0.15, -0.1) is 0 Å². The van der Waals surface area contributed by atoms with E-state index in [1.807, 2.05) is 12.1 Å². The Bertz CT molecular complexity index is 757. The van der Waals surface area contributed by atoms with Crippen LogP contribution in [0.3, 0.4) is 0 Å². The lowest BCUT2D eigenvalue weighted by molar-refractivity contribution is 0.628. The molecule has 0 aliphatic rings. The van der Waals surface area contributed by atoms with E-state index >= 15 is 0 Å². The van der Waals surface area contributed by atoms with Crippen LogP contribution in [0.2, 0.25) is 10.0 Å². The summed E-state index contributed by atoms with van der Waals surface area (Å²) in [7, 11) is 0. The minimum atomic E-state index is -0.369. The standard InChI is InChI=1S/C13H7Cl2FN2S/c14-7-1-4-12-11(5-7)18-13(19-12)17-10-3-2-8(16)6-9(10)15/h1-6H,(H,17,18). The molecule has 0 saturated carbocycles. The Morgan fingerprint density at radius 1 is 1.11 bits per heavy atom. The minimum Gasteiger partial charge on any atom is -0.330 e. The molecule has 19 heavy (non-hydrogen) atoms. The van der Waals surface area contributed by atoms with Gasteiger partial charge in [-0.3, -0.25) is 0 Å². The molecule has 0 bridgehead atoms. The number of rotatable bonds is 2. The van der Waals surface area contributed by atoms with Gasteiger partial charge in [0, 0.05) is 5.02 Å². The van der Waals surface area contributed by atoms with E-state index in [0.717, 1.165) is 10.2 Å². The van der Waals surface area contributed by atoms with Gasteiger partial charge in [0.1, 0.15) is 5.82 Å². The molecule has 0 aliphatic carbocycles. The zero-order valence-corrected chi connectivity index (χ0v) is 11.8. The highest BCUT2D eigenvalue weighted by molar-refractivity contribution is 7.22. The molecule has 1 aromatic heterocycles. The summed E-state index contributed by atoms with van der Waals surface area (Å²) in [6.07, 6.45) is 0. The first-order chi connectivity index (χ1) is 9.11. The number of hydrogen-bond donors (Lipinski definition) is 1. The summed E-state index contributed by atoms with van der Waals surface area (Å²) in [4.78, 5) is 4.40. The Kier molecular flexibility index (Phi) is 3.31. The molecule has 2 nitrogen and oxygen atoms in total. The Morgan fingerprint density at radius 3 is 2.74 bits per heavy atom. The van der Waals surface area contributed by atoms with Crippen molar-refractivity contribution in [3.8, 4) is 0 Å². The lowest BCUT2D eigenvalue weighted by Gasteiger charge is -2.04. The van der Waals surface area contributed by atoms with Gasteiger partial charge in [0.15, 0.2) is 5.13 Å². The molecule has 6 heteroatoms. The second-order valence-electron chi connectivity index (χ2n) is 3.88. The molecule has 3 rings (SSSR count). The van der Waals surface area contributed by atoms with Gasteiger partial charge >= 0.3 is 0 Å². The molecular formula is C13H7Cl2FN2S. The van der Waals surface area contributed by atoms with Crippen LogP contribution in [0.5, 0.6) is 0 Å². The highest BCUT2D eigenvalue weighted by Crippen LogP contribution is 2.32. The third-order valence-corrected chi connectivity index (χ3v) is 4.02. The summed E-state index contributed by atoms with van der Waals surface area (Å²) in [6.45, 7) is 0. The second kappa shape index (κ2) is 4.96. The first-order valence-electron chi connectivity index (χ1n) is 5.40. The molecule has 0 fully saturated rings. The van der Waals surface area contributed by atoms with E-state index < -0.39 is 0 Å². The summed E-state index contributed by atoms with van der Waals surface area (Å²) < 4.78 is 14.0. The fraction of sp³-hybridized carbons (Fsp3) is 0. The highest BCUT2D eigenvalue weighted by atomic mass is 35.5. The molecule has 0 aliphatic heterocycles. The van der Waals surface area contributed by atoms with Crippen molar-refractivity contribution in [3.63, 3.8) is 0 Å². The average Bonchev–Trinajstić information content (AvgIpc) is 2.74. The van der Waals surface area contributed by atoms with Gasteiger partial charge in [-0.2, -0.15) is 0 Å². The highest BCUT2D eigenvalue weighted by Gasteiger charge is 2.07. The van der Waals surface area contributed by atoms with Crippen LogP contribution < -0.4 is 5.32 Å². The number of benzene rings is 2. The minimum absolute atomic E-state index is 0.317. The Labute approximate surface area is 122 Å². The third-order valence-electron chi connectivity index (χ3n) is 2.52. The molecule has 1 heterocycles. The van der Waals surface area contributed by atoms with Crippen LogP contribution in [0.1, 0.15) is 0 Å². The van der Waals surface area contributed by atoms with Crippen molar-refractivity contribution < 1.29 is 4.39 Å². The Balaban J connectivity index is 1.96. The molecule has 3 aromatic rings. The van der Waals surface area contributed by atoms with Crippen molar-refractivity contribution in [2.75, 3.05) is 5.32 Å². The van der Waals surface area contributed by atoms with Crippen molar-refractivity contribution in [1.29, 1.82) is 0 Å². The Morgan fingerprint density at radius 2 is 1.95 bits per heavy atom. The normalized spacial score (nSPS) is 10.9. The lowest BCUT2D eigenvalue weighted by Crippen LogP contribution is -1.90. The maximum absolute atomic E-state index is 13.0. The molecule has 0 unspecified atom stereocenters. The van der Waals surface area contributed by atoms with Crippen LogP contribution in [-0.2, 0) is 0 Å². The zero-order chi connectivity index (χ0) is 13.4. The predicted octanol–water partition coefficient (Wildman–Crippen LogP) is 5.49. The zero-order valence-electron chi connectivity index (χ0n) is 9.45. The van der Waals surface area contributed by atoms with Crippen LogP contribution in [0.15, 0.2) is 36.4 Å². The van der Waals surface area contributed by atoms with Gasteiger partial charge in [0.05, 0.1) is 20.9 Å². The molecule has 0 amide bonds. The fourth-order valence-electron chi connectivity index (χ4n) is 1.66. The van der Waals surface area contributed by atoms with Crippen LogP contribution in [-0.4, -0.2) is 4.98 Å². The quantitative estimate of drug-likeness (QED) is 0.677. The van der Waals surface area contributed by atoms with E-state index in [1.165, 1.54) is 23.5 Å². The molecule has 0 radical (unpaired) electrons. The number of anilines is 2. The van der Waals surface area contributed by atoms with Gasteiger partial charge in [-0.25, -0.2) is 9.37 Å². The average molecular weight is 313 g/mol. The molecular weight excluding hydrogens is 306 g/mol. The van der Waals surface area contributed by atoms with Crippen LogP contribution in [0.4, 0.5) is 15.2 Å². The SMILES string of the molecule is Fc1ccc(Nc2nc3cc(Cl)ccc3s2)c(Cl)c1. The fourth-order valence-corrected chi connectivity index (χ4v) is 2.90. The van der Waals surface area contributed by atoms with Crippen molar-refractivity contribution in [1.82, 2.24) is 4.98 Å². The van der Waals surface area contributed by atoms with Crippen molar-refractivity contribution in [2.45, 2.75) is 0 Å². The van der Waals surface area contributed by atoms with E-state index in [1.54, 1.807) is 12.1 Å². The molecule has 0 spiro atoms. The van der Waals surface area contributed by atoms with Gasteiger partial charge in [0.25, 0.3) is 0 Å². The van der Waals surface area contributed by atoms with Crippen molar-refractivity contribution >= 4 is 55.6 Å². The molecule has 96 valence electrons. The molecule has 0 saturated heterocycles. The summed E-state index contributed by atoms with van der Waals surface area (Å²) >= 11 is 13.3. The number of nitrogens with zero attached hydrogens (tertiary/aromatic N) is 1. The maximum atomic E-state index is 13.0. The molecule has 2 aromatic carbocycles. The van der Waals surface area contributed by atoms with Gasteiger partial charge < -0.3 is 5.32 Å². The van der Waals surface area contributed by atoms with Gasteiger partial charge in [-0.05, 0) is 36.4 Å². The van der Waals surface area contributed by atoms with E-state index in [0.29, 0.717) is 20.9 Å². The van der Waals surface area contributed by atoms with Crippen LogP contribution >= 0.6 is 34.5 Å². The van der Waals surface area contributed by atoms with Crippen LogP contribution in [0.25, 0.3) is 10.2 Å². The van der Waals surface area contributed by atoms with E-state index in [9.17, 15) is 4.39 Å². The number of halogens is 3. The lowest BCUT2D eigenvalue weighted by atomic mass is 10.3. The predicted molar refractivity (Wildman–Crippen MR) is 79.3 cm³/mol. The third kappa shape index (κ3) is 2.66. The van der Waals surface area contributed by atoms with Crippen molar-refractivity contribution in [3.05, 3.63) is 52.3 Å². The topological polar surface area (TPSA) is 24.9 Å². The van der Waals surface area contributed by atoms with Gasteiger partial charge in [0.2, 0.25) is 0 Å². The van der Waals surface area contributed by atoms with Crippen molar-refractivity contribution in [2.24, 2.45) is 0 Å². The number of fused-ring (bicyclic) bond motifs is 1. The first-order valence-corrected chi connectivity index (χ1v) is 6.97. The smallest absolute Gasteiger partial charge is 0.188 e. The Hall–Kier alpha value is -1.36. The summed E-state index contributed by atoms with van der Waals surface area (Å²) in [5, 5.41) is 4.72. The summed E-state index contributed by atoms with van der Waals surface area (Å²) in [6, 6.07) is 9.71. The number of aromatic nitrogens is 1. The second-order valence-corrected chi connectivity index (χ2v) is 5.75. The number of thiazole rings is 1. The number of hydrogen-bond acceptors (Lipinski definition) is 3. The molecule has 0 atom stereocenters. The van der Waals surface area contributed by atoms with E-state index in [-0.39, 0.29) is 5.82 Å². The van der Waals surface area contributed by atoms with Crippen LogP contribution in [0, 0.1) is 5.82 Å². The molecule has 1 N–H and O–H groups in total. The monoisotopic (exact) mass is 312 g/mol. The van der Waals surface area contributed by atoms with E-state index in [4.69, 9.17) is 23.2 Å². The maximum Gasteiger partial charge on any atom is 0.188 e. The first kappa shape index (κ1) is 12.7. The van der Waals surface area contributed by atoms with E-state index in [2.05, 4.69) is 10.3 Å². The number of nitrogens with one attached hydrogen (secondary N) is 1. The summed E-state index contributed by atoms with van der Waals surface area (Å²) in [5.41, 5.74) is 1.44. The summed E-state index contributed by atoms with van der Waals surface area (Å²) in [5.74, 6) is -0.369. The largest absolute Gasteiger partial charge is 0.330 e.